The van der Waals surface area contributed by atoms with Crippen molar-refractivity contribution in [3.8, 4) is 0 Å². The van der Waals surface area contributed by atoms with Gasteiger partial charge < -0.3 is 20.8 Å². The number of nitrogens with one attached hydrogen (secondary N) is 2. The van der Waals surface area contributed by atoms with E-state index in [0.717, 1.165) is 10.4 Å². The topological polar surface area (TPSA) is 97.2 Å². The Bertz CT molecular complexity index is 803. The zero-order chi connectivity index (χ0) is 17.7. The summed E-state index contributed by atoms with van der Waals surface area (Å²) in [7, 11) is 0. The molecule has 0 unspecified atom stereocenters. The molecule has 0 aliphatic carbocycles. The molecule has 0 saturated heterocycles. The van der Waals surface area contributed by atoms with Gasteiger partial charge in [-0.3, -0.25) is 9.59 Å². The molecule has 1 aliphatic rings. The summed E-state index contributed by atoms with van der Waals surface area (Å²) in [6.45, 7) is 7.89. The molecular weight excluding hydrogens is 326 g/mol. The van der Waals surface area contributed by atoms with Crippen LogP contribution in [0.5, 0.6) is 0 Å². The third-order valence-corrected chi connectivity index (χ3v) is 5.46. The van der Waals surface area contributed by atoms with E-state index >= 15 is 0 Å². The fourth-order valence-corrected chi connectivity index (χ4v) is 4.57. The smallest absolute Gasteiger partial charge is 0.272 e. The molecule has 3 rings (SSSR count). The second-order valence-corrected chi connectivity index (χ2v) is 8.09. The Labute approximate surface area is 144 Å². The first-order valence-electron chi connectivity index (χ1n) is 7.71. The van der Waals surface area contributed by atoms with Gasteiger partial charge in [-0.15, -0.1) is 11.3 Å². The number of ether oxygens (including phenoxy) is 1. The molecule has 0 radical (unpaired) electrons. The highest BCUT2D eigenvalue weighted by Gasteiger charge is 2.42. The van der Waals surface area contributed by atoms with E-state index in [0.29, 0.717) is 22.7 Å². The van der Waals surface area contributed by atoms with E-state index in [1.807, 2.05) is 27.7 Å². The number of hydrogen-bond donors (Lipinski definition) is 3. The molecule has 0 bridgehead atoms. The van der Waals surface area contributed by atoms with Crippen LogP contribution in [0.1, 0.15) is 59.0 Å². The van der Waals surface area contributed by atoms with Crippen LogP contribution in [0.3, 0.4) is 0 Å². The Morgan fingerprint density at radius 1 is 1.33 bits per heavy atom. The van der Waals surface area contributed by atoms with Gasteiger partial charge in [0.25, 0.3) is 11.8 Å². The minimum absolute atomic E-state index is 0.306. The van der Waals surface area contributed by atoms with Crippen molar-refractivity contribution in [3.63, 3.8) is 0 Å². The molecule has 128 valence electrons. The summed E-state index contributed by atoms with van der Waals surface area (Å²) in [5.74, 6) is -0.845. The number of carbonyl (C=O) groups is 2. The average Bonchev–Trinajstić information content (AvgIpc) is 3.03. The minimum Gasteiger partial charge on any atom is -0.365 e. The van der Waals surface area contributed by atoms with Gasteiger partial charge in [0, 0.05) is 17.5 Å². The molecular formula is C17H21N3O3S. The molecule has 2 amide bonds. The van der Waals surface area contributed by atoms with Crippen molar-refractivity contribution in [2.24, 2.45) is 5.73 Å². The van der Waals surface area contributed by atoms with E-state index in [1.165, 1.54) is 11.3 Å². The lowest BCUT2D eigenvalue weighted by molar-refractivity contribution is -0.135. The second-order valence-electron chi connectivity index (χ2n) is 7.06. The number of fused-ring (bicyclic) bond motifs is 1. The van der Waals surface area contributed by atoms with Crippen LogP contribution in [0.4, 0.5) is 5.00 Å². The Balaban J connectivity index is 2.07. The number of aromatic nitrogens is 1. The van der Waals surface area contributed by atoms with Crippen LogP contribution in [0.15, 0.2) is 18.3 Å². The van der Waals surface area contributed by atoms with Crippen LogP contribution in [0.25, 0.3) is 0 Å². The molecule has 1 aliphatic heterocycles. The van der Waals surface area contributed by atoms with Gasteiger partial charge in [0.15, 0.2) is 0 Å². The van der Waals surface area contributed by atoms with E-state index in [4.69, 9.17) is 10.5 Å². The number of thiophene rings is 1. The maximum atomic E-state index is 12.3. The highest BCUT2D eigenvalue weighted by molar-refractivity contribution is 7.17. The van der Waals surface area contributed by atoms with Crippen molar-refractivity contribution in [2.45, 2.75) is 45.3 Å². The second kappa shape index (κ2) is 5.46. The van der Waals surface area contributed by atoms with Crippen LogP contribution >= 0.6 is 11.3 Å². The first-order valence-corrected chi connectivity index (χ1v) is 8.53. The van der Waals surface area contributed by atoms with Crippen LogP contribution in [-0.2, 0) is 16.8 Å². The monoisotopic (exact) mass is 347 g/mol. The first kappa shape index (κ1) is 16.7. The Kier molecular flexibility index (Phi) is 3.80. The van der Waals surface area contributed by atoms with Crippen molar-refractivity contribution in [2.75, 3.05) is 5.32 Å². The normalized spacial score (nSPS) is 18.0. The number of hydrogen-bond acceptors (Lipinski definition) is 4. The highest BCUT2D eigenvalue weighted by Crippen LogP contribution is 2.48. The summed E-state index contributed by atoms with van der Waals surface area (Å²) >= 11 is 1.35. The summed E-state index contributed by atoms with van der Waals surface area (Å²) < 4.78 is 6.15. The molecule has 2 aromatic rings. The van der Waals surface area contributed by atoms with Crippen LogP contribution in [0, 0.1) is 0 Å². The van der Waals surface area contributed by atoms with E-state index < -0.39 is 17.1 Å². The van der Waals surface area contributed by atoms with Crippen molar-refractivity contribution in [3.05, 3.63) is 40.0 Å². The molecule has 24 heavy (non-hydrogen) atoms. The summed E-state index contributed by atoms with van der Waals surface area (Å²) in [6.07, 6.45) is 2.24. The summed E-state index contributed by atoms with van der Waals surface area (Å²) in [5.41, 5.74) is 6.34. The SMILES string of the molecule is CC1(C)Cc2c(sc(NC(=O)c3ccc[nH]3)c2C(N)=O)C(C)(C)O1. The minimum atomic E-state index is -0.554. The zero-order valence-electron chi connectivity index (χ0n) is 14.1. The lowest BCUT2D eigenvalue weighted by Gasteiger charge is -2.41. The van der Waals surface area contributed by atoms with Gasteiger partial charge in [0.2, 0.25) is 0 Å². The number of amides is 2. The summed E-state index contributed by atoms with van der Waals surface area (Å²) in [4.78, 5) is 28.2. The summed E-state index contributed by atoms with van der Waals surface area (Å²) in [5, 5.41) is 3.28. The van der Waals surface area contributed by atoms with Crippen molar-refractivity contribution in [1.29, 1.82) is 0 Å². The van der Waals surface area contributed by atoms with Gasteiger partial charge in [0.1, 0.15) is 10.7 Å². The molecule has 2 aromatic heterocycles. The van der Waals surface area contributed by atoms with Crippen molar-refractivity contribution in [1.82, 2.24) is 4.98 Å². The molecule has 0 fully saturated rings. The number of H-pyrrole nitrogens is 1. The van der Waals surface area contributed by atoms with Gasteiger partial charge in [-0.1, -0.05) is 0 Å². The Morgan fingerprint density at radius 2 is 2.04 bits per heavy atom. The number of nitrogens with two attached hydrogens (primary N) is 1. The van der Waals surface area contributed by atoms with Gasteiger partial charge in [0.05, 0.1) is 16.8 Å². The lowest BCUT2D eigenvalue weighted by atomic mass is 9.86. The molecule has 0 saturated carbocycles. The molecule has 3 heterocycles. The number of rotatable bonds is 3. The maximum Gasteiger partial charge on any atom is 0.272 e. The average molecular weight is 347 g/mol. The van der Waals surface area contributed by atoms with Gasteiger partial charge in [-0.05, 0) is 45.4 Å². The lowest BCUT2D eigenvalue weighted by Crippen LogP contribution is -2.42. The molecule has 0 aromatic carbocycles. The van der Waals surface area contributed by atoms with E-state index in [9.17, 15) is 9.59 Å². The van der Waals surface area contributed by atoms with Crippen LogP contribution in [0.2, 0.25) is 0 Å². The molecule has 7 heteroatoms. The third kappa shape index (κ3) is 2.85. The van der Waals surface area contributed by atoms with Gasteiger partial charge in [-0.25, -0.2) is 0 Å². The van der Waals surface area contributed by atoms with Crippen molar-refractivity contribution < 1.29 is 14.3 Å². The Hall–Kier alpha value is -2.12. The van der Waals surface area contributed by atoms with E-state index in [-0.39, 0.29) is 5.91 Å². The van der Waals surface area contributed by atoms with E-state index in [2.05, 4.69) is 10.3 Å². The van der Waals surface area contributed by atoms with Gasteiger partial charge in [-0.2, -0.15) is 0 Å². The quantitative estimate of drug-likeness (QED) is 0.796. The third-order valence-electron chi connectivity index (χ3n) is 4.00. The molecule has 0 atom stereocenters. The molecule has 0 spiro atoms. The predicted octanol–water partition coefficient (Wildman–Crippen LogP) is 3.01. The fraction of sp³-hybridized carbons (Fsp3) is 0.412. The maximum absolute atomic E-state index is 12.3. The standard InChI is InChI=1S/C17H21N3O3S/c1-16(2)8-9-11(13(18)21)15(24-12(9)17(3,4)23-16)20-14(22)10-6-5-7-19-10/h5-7,19H,8H2,1-4H3,(H2,18,21)(H,20,22). The fourth-order valence-electron chi connectivity index (χ4n) is 3.31. The largest absolute Gasteiger partial charge is 0.365 e. The molecule has 6 nitrogen and oxygen atoms in total. The Morgan fingerprint density at radius 3 is 2.62 bits per heavy atom. The van der Waals surface area contributed by atoms with Gasteiger partial charge >= 0.3 is 0 Å². The highest BCUT2D eigenvalue weighted by atomic mass is 32.1. The number of anilines is 1. The predicted molar refractivity (Wildman–Crippen MR) is 93.5 cm³/mol. The first-order chi connectivity index (χ1) is 11.1. The number of aromatic amines is 1. The number of primary amides is 1. The zero-order valence-corrected chi connectivity index (χ0v) is 15.0. The van der Waals surface area contributed by atoms with Crippen LogP contribution < -0.4 is 11.1 Å². The number of carbonyl (C=O) groups excluding carboxylic acids is 2. The molecule has 4 N–H and O–H groups in total. The summed E-state index contributed by atoms with van der Waals surface area (Å²) in [6, 6.07) is 3.41. The van der Waals surface area contributed by atoms with Crippen LogP contribution in [-0.4, -0.2) is 22.4 Å². The van der Waals surface area contributed by atoms with Crippen molar-refractivity contribution >= 4 is 28.2 Å². The van der Waals surface area contributed by atoms with E-state index in [1.54, 1.807) is 18.3 Å².